The molecule has 0 fully saturated rings. The second-order valence-corrected chi connectivity index (χ2v) is 9.15. The van der Waals surface area contributed by atoms with Gasteiger partial charge in [0.05, 0.1) is 28.3 Å². The van der Waals surface area contributed by atoms with E-state index in [1.54, 1.807) is 49.4 Å². The van der Waals surface area contributed by atoms with Crippen LogP contribution in [0.5, 0.6) is 0 Å². The van der Waals surface area contributed by atoms with Crippen molar-refractivity contribution in [2.24, 2.45) is 0 Å². The molecule has 0 amide bonds. The maximum Gasteiger partial charge on any atom is 0.379 e. The molecular weight excluding hydrogens is 430 g/mol. The van der Waals surface area contributed by atoms with Crippen molar-refractivity contribution in [2.75, 3.05) is 6.61 Å². The van der Waals surface area contributed by atoms with E-state index in [9.17, 15) is 22.8 Å². The number of carbonyl (C=O) groups excluding carboxylic acids is 3. The molecule has 0 saturated carbocycles. The van der Waals surface area contributed by atoms with Gasteiger partial charge >= 0.3 is 5.97 Å². The highest BCUT2D eigenvalue weighted by atomic mass is 32.2. The number of esters is 1. The summed E-state index contributed by atoms with van der Waals surface area (Å²) in [4.78, 5) is 37.8. The van der Waals surface area contributed by atoms with Gasteiger partial charge in [0.2, 0.25) is 0 Å². The number of fused-ring (bicyclic) bond motifs is 1. The molecule has 0 spiro atoms. The SMILES string of the molecule is CCOC(=O)C(=O)c1c(C2=CC(=O)CCC2)n(S(=O)(=O)c2ccccc2)c2ccccc12. The number of aromatic nitrogens is 1. The summed E-state index contributed by atoms with van der Waals surface area (Å²) < 4.78 is 33.5. The van der Waals surface area contributed by atoms with Crippen molar-refractivity contribution in [3.8, 4) is 0 Å². The largest absolute Gasteiger partial charge is 0.460 e. The van der Waals surface area contributed by atoms with E-state index in [1.165, 1.54) is 18.2 Å². The summed E-state index contributed by atoms with van der Waals surface area (Å²) >= 11 is 0. The van der Waals surface area contributed by atoms with Crippen LogP contribution in [0, 0.1) is 0 Å². The summed E-state index contributed by atoms with van der Waals surface area (Å²) in [6.45, 7) is 1.58. The monoisotopic (exact) mass is 451 g/mol. The first-order valence-electron chi connectivity index (χ1n) is 10.3. The molecule has 0 unspecified atom stereocenters. The molecule has 32 heavy (non-hydrogen) atoms. The van der Waals surface area contributed by atoms with Gasteiger partial charge in [0.1, 0.15) is 0 Å². The van der Waals surface area contributed by atoms with E-state index in [0.29, 0.717) is 30.2 Å². The molecule has 4 rings (SSSR count). The van der Waals surface area contributed by atoms with Crippen molar-refractivity contribution in [1.29, 1.82) is 0 Å². The topological polar surface area (TPSA) is 99.5 Å². The van der Waals surface area contributed by atoms with Crippen LogP contribution in [0.3, 0.4) is 0 Å². The Morgan fingerprint density at radius 1 is 1.00 bits per heavy atom. The van der Waals surface area contributed by atoms with Crippen LogP contribution in [0.15, 0.2) is 65.6 Å². The number of para-hydroxylation sites is 1. The van der Waals surface area contributed by atoms with Crippen molar-refractivity contribution in [2.45, 2.75) is 31.1 Å². The molecule has 1 aliphatic rings. The van der Waals surface area contributed by atoms with Crippen LogP contribution in [-0.4, -0.2) is 36.5 Å². The summed E-state index contributed by atoms with van der Waals surface area (Å²) in [7, 11) is -4.15. The van der Waals surface area contributed by atoms with Gasteiger partial charge in [-0.3, -0.25) is 9.59 Å². The lowest BCUT2D eigenvalue weighted by atomic mass is 9.93. The van der Waals surface area contributed by atoms with Gasteiger partial charge in [0, 0.05) is 11.8 Å². The van der Waals surface area contributed by atoms with Crippen molar-refractivity contribution in [1.82, 2.24) is 3.97 Å². The summed E-state index contributed by atoms with van der Waals surface area (Å²) in [5.41, 5.74) is 0.628. The molecule has 164 valence electrons. The molecule has 0 N–H and O–H groups in total. The summed E-state index contributed by atoms with van der Waals surface area (Å²) in [6.07, 6.45) is 2.63. The third-order valence-electron chi connectivity index (χ3n) is 5.31. The van der Waals surface area contributed by atoms with Crippen molar-refractivity contribution in [3.05, 3.63) is 71.9 Å². The molecule has 0 radical (unpaired) electrons. The Labute approximate surface area is 185 Å². The summed E-state index contributed by atoms with van der Waals surface area (Å²) in [5, 5.41) is 0.305. The highest BCUT2D eigenvalue weighted by Gasteiger charge is 2.34. The molecular formula is C24H21NO6S. The van der Waals surface area contributed by atoms with Crippen LogP contribution >= 0.6 is 0 Å². The first-order chi connectivity index (χ1) is 15.4. The predicted molar refractivity (Wildman–Crippen MR) is 119 cm³/mol. The molecule has 2 aromatic carbocycles. The molecule has 8 heteroatoms. The van der Waals surface area contributed by atoms with Crippen LogP contribution in [0.25, 0.3) is 16.5 Å². The molecule has 0 atom stereocenters. The Morgan fingerprint density at radius 3 is 2.38 bits per heavy atom. The van der Waals surface area contributed by atoms with Gasteiger partial charge in [0.25, 0.3) is 15.8 Å². The number of ether oxygens (including phenoxy) is 1. The zero-order chi connectivity index (χ0) is 22.9. The summed E-state index contributed by atoms with van der Waals surface area (Å²) in [6, 6.07) is 14.3. The molecule has 1 aliphatic carbocycles. The number of hydrogen-bond donors (Lipinski definition) is 0. The molecule has 3 aromatic rings. The number of allylic oxidation sites excluding steroid dienone is 2. The first-order valence-corrected chi connectivity index (χ1v) is 11.7. The second kappa shape index (κ2) is 8.55. The molecule has 0 saturated heterocycles. The lowest BCUT2D eigenvalue weighted by Crippen LogP contribution is -2.22. The first kappa shape index (κ1) is 21.7. The second-order valence-electron chi connectivity index (χ2n) is 7.36. The minimum atomic E-state index is -4.15. The minimum absolute atomic E-state index is 0.00203. The third-order valence-corrected chi connectivity index (χ3v) is 7.04. The number of benzene rings is 2. The fraction of sp³-hybridized carbons (Fsp3) is 0.208. The fourth-order valence-electron chi connectivity index (χ4n) is 3.96. The van der Waals surface area contributed by atoms with Crippen molar-refractivity contribution >= 4 is 44.0 Å². The zero-order valence-corrected chi connectivity index (χ0v) is 18.2. The smallest absolute Gasteiger partial charge is 0.379 e. The number of ketones is 2. The van der Waals surface area contributed by atoms with E-state index in [0.717, 1.165) is 3.97 Å². The Morgan fingerprint density at radius 2 is 1.69 bits per heavy atom. The number of Topliss-reactive ketones (excluding diaryl/α,β-unsaturated/α-hetero) is 1. The van der Waals surface area contributed by atoms with Gasteiger partial charge in [-0.05, 0) is 49.6 Å². The van der Waals surface area contributed by atoms with E-state index >= 15 is 0 Å². The van der Waals surface area contributed by atoms with Gasteiger partial charge in [-0.15, -0.1) is 0 Å². The van der Waals surface area contributed by atoms with Crippen molar-refractivity contribution < 1.29 is 27.5 Å². The number of nitrogens with zero attached hydrogens (tertiary/aromatic N) is 1. The lowest BCUT2D eigenvalue weighted by Gasteiger charge is -2.17. The molecule has 0 aliphatic heterocycles. The Kier molecular flexibility index (Phi) is 5.80. The third kappa shape index (κ3) is 3.67. The van der Waals surface area contributed by atoms with Crippen molar-refractivity contribution in [3.63, 3.8) is 0 Å². The molecule has 7 nitrogen and oxygen atoms in total. The highest BCUT2D eigenvalue weighted by molar-refractivity contribution is 7.90. The molecule has 1 heterocycles. The van der Waals surface area contributed by atoms with E-state index in [1.807, 2.05) is 0 Å². The van der Waals surface area contributed by atoms with Gasteiger partial charge in [-0.2, -0.15) is 0 Å². The van der Waals surface area contributed by atoms with E-state index in [2.05, 4.69) is 0 Å². The van der Waals surface area contributed by atoms with Gasteiger partial charge in [-0.1, -0.05) is 36.4 Å². The Hall–Kier alpha value is -3.52. The van der Waals surface area contributed by atoms with Gasteiger partial charge in [0.15, 0.2) is 5.78 Å². The van der Waals surface area contributed by atoms with Crippen LogP contribution in [0.1, 0.15) is 42.2 Å². The number of carbonyl (C=O) groups is 3. The molecule has 1 aromatic heterocycles. The fourth-order valence-corrected chi connectivity index (χ4v) is 5.54. The van der Waals surface area contributed by atoms with Crippen LogP contribution < -0.4 is 0 Å². The van der Waals surface area contributed by atoms with Gasteiger partial charge in [-0.25, -0.2) is 17.2 Å². The van der Waals surface area contributed by atoms with E-state index < -0.39 is 21.8 Å². The van der Waals surface area contributed by atoms with E-state index in [4.69, 9.17) is 4.74 Å². The average molecular weight is 452 g/mol. The maximum atomic E-state index is 13.7. The van der Waals surface area contributed by atoms with Crippen LogP contribution in [0.2, 0.25) is 0 Å². The predicted octanol–water partition coefficient (Wildman–Crippen LogP) is 3.76. The molecule has 0 bridgehead atoms. The van der Waals surface area contributed by atoms with Crippen LogP contribution in [-0.2, 0) is 24.3 Å². The van der Waals surface area contributed by atoms with E-state index in [-0.39, 0.29) is 34.1 Å². The maximum absolute atomic E-state index is 13.7. The average Bonchev–Trinajstić information content (AvgIpc) is 3.15. The number of hydrogen-bond acceptors (Lipinski definition) is 6. The number of rotatable bonds is 6. The Balaban J connectivity index is 2.12. The van der Waals surface area contributed by atoms with Crippen LogP contribution in [0.4, 0.5) is 0 Å². The normalized spacial score (nSPS) is 14.3. The minimum Gasteiger partial charge on any atom is -0.460 e. The Bertz CT molecular complexity index is 1370. The standard InChI is InChI=1S/C24H21NO6S/c1-2-31-24(28)23(27)21-19-13-6-7-14-20(19)25(22(21)16-9-8-10-17(26)15-16)32(29,30)18-11-4-3-5-12-18/h3-7,11-15H,2,8-10H2,1H3. The van der Waals surface area contributed by atoms with Gasteiger partial charge < -0.3 is 4.74 Å². The summed E-state index contributed by atoms with van der Waals surface area (Å²) in [5.74, 6) is -2.18. The zero-order valence-electron chi connectivity index (χ0n) is 17.4. The highest BCUT2D eigenvalue weighted by Crippen LogP contribution is 2.38. The quantitative estimate of drug-likeness (QED) is 0.321. The lowest BCUT2D eigenvalue weighted by molar-refractivity contribution is -0.137.